The summed E-state index contributed by atoms with van der Waals surface area (Å²) in [4.78, 5) is 25.3. The van der Waals surface area contributed by atoms with Gasteiger partial charge in [-0.25, -0.2) is 0 Å². The molecule has 0 bridgehead atoms. The number of nitro groups is 1. The number of likely N-dealkylation sites (tertiary alicyclic amines) is 1. The van der Waals surface area contributed by atoms with E-state index in [-0.39, 0.29) is 18.0 Å². The molecule has 0 saturated carbocycles. The number of benzene rings is 2. The van der Waals surface area contributed by atoms with Crippen molar-refractivity contribution in [3.05, 3.63) is 69.8 Å². The lowest BCUT2D eigenvalue weighted by atomic mass is 10.00. The molecule has 2 aromatic carbocycles. The maximum atomic E-state index is 12.3. The third kappa shape index (κ3) is 5.37. The third-order valence-electron chi connectivity index (χ3n) is 4.92. The molecule has 0 aliphatic carbocycles. The zero-order chi connectivity index (χ0) is 19.2. The van der Waals surface area contributed by atoms with Crippen LogP contribution in [0.2, 0.25) is 0 Å². The molecule has 1 atom stereocenters. The van der Waals surface area contributed by atoms with Gasteiger partial charge in [0.2, 0.25) is 5.91 Å². The number of anilines is 1. The van der Waals surface area contributed by atoms with Crippen LogP contribution in [0, 0.1) is 16.0 Å². The van der Waals surface area contributed by atoms with Gasteiger partial charge in [0.05, 0.1) is 11.3 Å². The molecule has 1 heterocycles. The molecule has 1 aliphatic heterocycles. The van der Waals surface area contributed by atoms with Gasteiger partial charge in [0.1, 0.15) is 0 Å². The molecule has 0 spiro atoms. The molecular weight excluding hydrogens is 342 g/mol. The van der Waals surface area contributed by atoms with Gasteiger partial charge >= 0.3 is 0 Å². The number of carbonyl (C=O) groups is 1. The van der Waals surface area contributed by atoms with Crippen molar-refractivity contribution < 1.29 is 9.72 Å². The van der Waals surface area contributed by atoms with E-state index in [4.69, 9.17) is 0 Å². The lowest BCUT2D eigenvalue weighted by Crippen LogP contribution is -2.33. The first-order chi connectivity index (χ1) is 13.0. The van der Waals surface area contributed by atoms with Crippen LogP contribution < -0.4 is 5.32 Å². The largest absolute Gasteiger partial charge is 0.326 e. The summed E-state index contributed by atoms with van der Waals surface area (Å²) in [5.41, 5.74) is 2.31. The van der Waals surface area contributed by atoms with Gasteiger partial charge in [0.25, 0.3) is 5.69 Å². The molecule has 1 fully saturated rings. The van der Waals surface area contributed by atoms with Gasteiger partial charge in [-0.2, -0.15) is 0 Å². The first-order valence-corrected chi connectivity index (χ1v) is 9.34. The van der Waals surface area contributed by atoms with Crippen molar-refractivity contribution in [2.75, 3.05) is 18.4 Å². The lowest BCUT2D eigenvalue weighted by Gasteiger charge is -2.30. The average Bonchev–Trinajstić information content (AvgIpc) is 2.63. The number of hydrogen-bond donors (Lipinski definition) is 1. The predicted octanol–water partition coefficient (Wildman–Crippen LogP) is 4.01. The Balaban J connectivity index is 1.56. The molecule has 1 saturated heterocycles. The lowest BCUT2D eigenvalue weighted by molar-refractivity contribution is -0.385. The maximum absolute atomic E-state index is 12.3. The molecule has 6 nitrogen and oxygen atoms in total. The summed E-state index contributed by atoms with van der Waals surface area (Å²) in [5, 5.41) is 13.9. The summed E-state index contributed by atoms with van der Waals surface area (Å²) in [6.07, 6.45) is 2.53. The molecule has 6 heteroatoms. The molecule has 1 aliphatic rings. The number of nitrogens with one attached hydrogen (secondary N) is 1. The molecule has 3 rings (SSSR count). The van der Waals surface area contributed by atoms with Crippen LogP contribution in [-0.2, 0) is 17.8 Å². The number of carbonyl (C=O) groups excluding carboxylic acids is 1. The van der Waals surface area contributed by atoms with Crippen molar-refractivity contribution in [2.45, 2.75) is 32.7 Å². The fourth-order valence-corrected chi connectivity index (χ4v) is 3.60. The quantitative estimate of drug-likeness (QED) is 0.618. The van der Waals surface area contributed by atoms with Crippen molar-refractivity contribution >= 4 is 17.3 Å². The van der Waals surface area contributed by atoms with Crippen molar-refractivity contribution in [3.8, 4) is 0 Å². The van der Waals surface area contributed by atoms with E-state index in [9.17, 15) is 14.9 Å². The fraction of sp³-hybridized carbons (Fsp3) is 0.381. The fourth-order valence-electron chi connectivity index (χ4n) is 3.60. The molecule has 142 valence electrons. The number of piperidine rings is 1. The average molecular weight is 367 g/mol. The molecule has 0 radical (unpaired) electrons. The second-order valence-electron chi connectivity index (χ2n) is 7.29. The molecule has 0 aromatic heterocycles. The topological polar surface area (TPSA) is 75.5 Å². The Labute approximate surface area is 159 Å². The highest BCUT2D eigenvalue weighted by atomic mass is 16.6. The Morgan fingerprint density at radius 3 is 2.67 bits per heavy atom. The van der Waals surface area contributed by atoms with Crippen LogP contribution in [0.5, 0.6) is 0 Å². The second-order valence-corrected chi connectivity index (χ2v) is 7.29. The van der Waals surface area contributed by atoms with E-state index in [0.29, 0.717) is 11.3 Å². The van der Waals surface area contributed by atoms with E-state index >= 15 is 0 Å². The summed E-state index contributed by atoms with van der Waals surface area (Å²) >= 11 is 0. The van der Waals surface area contributed by atoms with Gasteiger partial charge in [-0.15, -0.1) is 0 Å². The molecule has 1 amide bonds. The summed E-state index contributed by atoms with van der Waals surface area (Å²) in [6, 6.07) is 14.2. The van der Waals surface area contributed by atoms with Crippen LogP contribution in [0.15, 0.2) is 48.5 Å². The highest BCUT2D eigenvalue weighted by Gasteiger charge is 2.17. The molecular formula is C21H25N3O3. The number of amides is 1. The van der Waals surface area contributed by atoms with Crippen molar-refractivity contribution in [3.63, 3.8) is 0 Å². The monoisotopic (exact) mass is 367 g/mol. The molecule has 1 N–H and O–H groups in total. The summed E-state index contributed by atoms with van der Waals surface area (Å²) in [6.45, 7) is 5.49. The predicted molar refractivity (Wildman–Crippen MR) is 106 cm³/mol. The minimum atomic E-state index is -0.459. The van der Waals surface area contributed by atoms with Crippen LogP contribution in [0.4, 0.5) is 11.4 Å². The van der Waals surface area contributed by atoms with Crippen LogP contribution >= 0.6 is 0 Å². The smallest absolute Gasteiger partial charge is 0.273 e. The van der Waals surface area contributed by atoms with E-state index in [1.54, 1.807) is 18.2 Å². The first-order valence-electron chi connectivity index (χ1n) is 9.34. The highest BCUT2D eigenvalue weighted by Crippen LogP contribution is 2.20. The zero-order valence-corrected chi connectivity index (χ0v) is 15.6. The van der Waals surface area contributed by atoms with Gasteiger partial charge in [-0.3, -0.25) is 19.8 Å². The minimum absolute atomic E-state index is 0.0232. The molecule has 27 heavy (non-hydrogen) atoms. The van der Waals surface area contributed by atoms with E-state index in [2.05, 4.69) is 17.1 Å². The van der Waals surface area contributed by atoms with Gasteiger partial charge < -0.3 is 5.32 Å². The number of rotatable bonds is 6. The molecule has 2 aromatic rings. The van der Waals surface area contributed by atoms with Gasteiger partial charge in [-0.1, -0.05) is 37.3 Å². The van der Waals surface area contributed by atoms with Gasteiger partial charge in [-0.05, 0) is 43.0 Å². The van der Waals surface area contributed by atoms with Crippen LogP contribution in [0.3, 0.4) is 0 Å². The van der Waals surface area contributed by atoms with Crippen LogP contribution in [-0.4, -0.2) is 28.8 Å². The number of nitrogens with zero attached hydrogens (tertiary/aromatic N) is 2. The Morgan fingerprint density at radius 2 is 1.96 bits per heavy atom. The SMILES string of the molecule is C[C@H]1CCCN(Cc2ccc(NC(=O)Cc3ccccc3[N+](=O)[O-])cc2)C1. The summed E-state index contributed by atoms with van der Waals surface area (Å²) in [7, 11) is 0. The third-order valence-corrected chi connectivity index (χ3v) is 4.92. The van der Waals surface area contributed by atoms with Crippen LogP contribution in [0.1, 0.15) is 30.9 Å². The first kappa shape index (κ1) is 19.0. The van der Waals surface area contributed by atoms with Gasteiger partial charge in [0, 0.05) is 30.4 Å². The van der Waals surface area contributed by atoms with Crippen LogP contribution in [0.25, 0.3) is 0 Å². The summed E-state index contributed by atoms with van der Waals surface area (Å²) < 4.78 is 0. The highest BCUT2D eigenvalue weighted by molar-refractivity contribution is 5.92. The zero-order valence-electron chi connectivity index (χ0n) is 15.6. The Morgan fingerprint density at radius 1 is 1.22 bits per heavy atom. The van der Waals surface area contributed by atoms with Gasteiger partial charge in [0.15, 0.2) is 0 Å². The Bertz CT molecular complexity index is 805. The Kier molecular flexibility index (Phi) is 6.19. The van der Waals surface area contributed by atoms with E-state index in [1.807, 2.05) is 24.3 Å². The van der Waals surface area contributed by atoms with E-state index in [1.165, 1.54) is 24.5 Å². The molecule has 0 unspecified atom stereocenters. The Hall–Kier alpha value is -2.73. The van der Waals surface area contributed by atoms with Crippen molar-refractivity contribution in [1.82, 2.24) is 4.90 Å². The van der Waals surface area contributed by atoms with Crippen molar-refractivity contribution in [1.29, 1.82) is 0 Å². The van der Waals surface area contributed by atoms with Crippen molar-refractivity contribution in [2.24, 2.45) is 5.92 Å². The van der Waals surface area contributed by atoms with E-state index < -0.39 is 4.92 Å². The minimum Gasteiger partial charge on any atom is -0.326 e. The number of para-hydroxylation sites is 1. The maximum Gasteiger partial charge on any atom is 0.273 e. The normalized spacial score (nSPS) is 17.4. The van der Waals surface area contributed by atoms with E-state index in [0.717, 1.165) is 25.6 Å². The number of hydrogen-bond acceptors (Lipinski definition) is 4. The number of nitro benzene ring substituents is 1. The standard InChI is InChI=1S/C21H25N3O3/c1-16-5-4-12-23(14-16)15-17-8-10-19(11-9-17)22-21(25)13-18-6-2-3-7-20(18)24(26)27/h2-3,6-11,16H,4-5,12-15H2,1H3,(H,22,25)/t16-/m0/s1. The summed E-state index contributed by atoms with van der Waals surface area (Å²) in [5.74, 6) is 0.487. The second kappa shape index (κ2) is 8.77.